The van der Waals surface area contributed by atoms with Crippen molar-refractivity contribution in [1.29, 1.82) is 0 Å². The number of sulfonamides is 1. The Morgan fingerprint density at radius 3 is 2.42 bits per heavy atom. The Morgan fingerprint density at radius 1 is 1.18 bits per heavy atom. The zero-order chi connectivity index (χ0) is 24.6. The number of H-pyrrole nitrogens is 1. The number of aromatic nitrogens is 2. The van der Waals surface area contributed by atoms with Crippen LogP contribution in [0, 0.1) is 5.92 Å². The minimum Gasteiger partial charge on any atom is -0.370 e. The van der Waals surface area contributed by atoms with E-state index in [1.54, 1.807) is 30.3 Å². The third kappa shape index (κ3) is 8.10. The van der Waals surface area contributed by atoms with Gasteiger partial charge in [-0.2, -0.15) is 4.72 Å². The highest BCUT2D eigenvalue weighted by Gasteiger charge is 2.31. The number of guanidine groups is 1. The molecule has 14 heteroatoms. The van der Waals surface area contributed by atoms with Crippen LogP contribution in [-0.2, 0) is 31.9 Å². The monoisotopic (exact) mass is 479 g/mol. The lowest BCUT2D eigenvalue weighted by Crippen LogP contribution is -2.45. The van der Waals surface area contributed by atoms with Crippen LogP contribution >= 0.6 is 0 Å². The Balaban J connectivity index is 2.26. The van der Waals surface area contributed by atoms with E-state index in [4.69, 9.17) is 17.2 Å². The first-order chi connectivity index (χ1) is 15.5. The number of aldehydes is 1. The molecule has 0 fully saturated rings. The predicted octanol–water partition coefficient (Wildman–Crippen LogP) is -2.64. The minimum absolute atomic E-state index is 0.323. The van der Waals surface area contributed by atoms with Gasteiger partial charge in [-0.3, -0.25) is 19.1 Å². The van der Waals surface area contributed by atoms with Crippen LogP contribution in [-0.4, -0.2) is 48.2 Å². The second-order valence-electron chi connectivity index (χ2n) is 7.19. The number of carbonyl (C=O) groups excluding carboxylic acids is 2. The van der Waals surface area contributed by atoms with E-state index in [2.05, 4.69) is 9.71 Å². The minimum atomic E-state index is -3.96. The average molecular weight is 480 g/mol. The summed E-state index contributed by atoms with van der Waals surface area (Å²) >= 11 is 0. The van der Waals surface area contributed by atoms with E-state index in [0.29, 0.717) is 11.8 Å². The lowest BCUT2D eigenvalue weighted by Gasteiger charge is -2.23. The molecule has 1 aromatic carbocycles. The largest absolute Gasteiger partial charge is 0.370 e. The molecular weight excluding hydrogens is 454 g/mol. The molecule has 0 radical (unpaired) electrons. The van der Waals surface area contributed by atoms with Crippen molar-refractivity contribution in [3.63, 3.8) is 0 Å². The predicted molar refractivity (Wildman–Crippen MR) is 120 cm³/mol. The molecular formula is C19H25N7O6S. The first-order valence-electron chi connectivity index (χ1n) is 9.67. The maximum atomic E-state index is 12.8. The third-order valence-electron chi connectivity index (χ3n) is 4.56. The smallest absolute Gasteiger partial charge is 0.328 e. The van der Waals surface area contributed by atoms with Crippen LogP contribution < -0.4 is 33.2 Å². The molecule has 0 saturated heterocycles. The summed E-state index contributed by atoms with van der Waals surface area (Å²) < 4.78 is 28.5. The van der Waals surface area contributed by atoms with Crippen molar-refractivity contribution in [2.75, 3.05) is 0 Å². The van der Waals surface area contributed by atoms with Gasteiger partial charge in [-0.25, -0.2) is 18.2 Å². The van der Waals surface area contributed by atoms with E-state index in [0.717, 1.165) is 16.8 Å². The van der Waals surface area contributed by atoms with Gasteiger partial charge < -0.3 is 22.0 Å². The number of nitrogens with zero attached hydrogens (tertiary/aromatic N) is 2. The molecule has 0 amide bonds. The van der Waals surface area contributed by atoms with Gasteiger partial charge in [-0.05, 0) is 12.0 Å². The number of hydrogen-bond acceptors (Lipinski definition) is 8. The first kappa shape index (κ1) is 25.6. The van der Waals surface area contributed by atoms with Gasteiger partial charge in [0, 0.05) is 18.2 Å². The molecule has 13 nitrogen and oxygen atoms in total. The number of ketones is 1. The fourth-order valence-corrected chi connectivity index (χ4v) is 4.32. The second kappa shape index (κ2) is 11.3. The van der Waals surface area contributed by atoms with E-state index in [-0.39, 0.29) is 12.2 Å². The number of aliphatic imine (C=N–C) groups is 1. The van der Waals surface area contributed by atoms with E-state index in [1.165, 1.54) is 0 Å². The van der Waals surface area contributed by atoms with Crippen LogP contribution in [0.15, 0.2) is 57.2 Å². The number of carbonyl (C=O) groups is 2. The summed E-state index contributed by atoms with van der Waals surface area (Å²) in [6.45, 7) is -0.521. The molecule has 8 N–H and O–H groups in total. The molecule has 0 aliphatic rings. The van der Waals surface area contributed by atoms with Gasteiger partial charge in [0.05, 0.1) is 18.3 Å². The normalized spacial score (nSPS) is 14.1. The maximum absolute atomic E-state index is 12.8. The Morgan fingerprint density at radius 2 is 1.85 bits per heavy atom. The average Bonchev–Trinajstić information content (AvgIpc) is 2.73. The zero-order valence-corrected chi connectivity index (χ0v) is 18.3. The molecule has 1 heterocycles. The summed E-state index contributed by atoms with van der Waals surface area (Å²) in [7, 11) is -3.96. The number of nitrogens with two attached hydrogens (primary N) is 3. The fraction of sp³-hybridized carbons (Fsp3) is 0.316. The third-order valence-corrected chi connectivity index (χ3v) is 5.90. The molecule has 0 saturated carbocycles. The van der Waals surface area contributed by atoms with Gasteiger partial charge in [-0.1, -0.05) is 30.3 Å². The molecule has 2 unspecified atom stereocenters. The van der Waals surface area contributed by atoms with Crippen LogP contribution in [0.4, 0.5) is 0 Å². The Kier molecular flexibility index (Phi) is 8.78. The topological polar surface area (TPSA) is 226 Å². The summed E-state index contributed by atoms with van der Waals surface area (Å²) in [5.41, 5.74) is 15.6. The number of hydrogen-bond donors (Lipinski definition) is 5. The Bertz CT molecular complexity index is 1220. The quantitative estimate of drug-likeness (QED) is 0.122. The summed E-state index contributed by atoms with van der Waals surface area (Å²) in [4.78, 5) is 53.1. The van der Waals surface area contributed by atoms with E-state index >= 15 is 0 Å². The maximum Gasteiger partial charge on any atom is 0.328 e. The highest BCUT2D eigenvalue weighted by atomic mass is 32.2. The van der Waals surface area contributed by atoms with Crippen molar-refractivity contribution < 1.29 is 18.0 Å². The first-order valence-corrected chi connectivity index (χ1v) is 11.3. The number of aromatic amines is 1. The number of benzene rings is 1. The molecule has 3 atom stereocenters. The van der Waals surface area contributed by atoms with Crippen molar-refractivity contribution in [2.45, 2.75) is 30.9 Å². The Labute approximate surface area is 188 Å². The van der Waals surface area contributed by atoms with Crippen LogP contribution in [0.25, 0.3) is 0 Å². The zero-order valence-electron chi connectivity index (χ0n) is 17.5. The molecule has 2 aromatic rings. The number of nitrogens with one attached hydrogen (secondary N) is 2. The standard InChI is InChI=1S/C19H25N7O6S/c20-14(10-27)13(15(28)9-26-7-6-17(29)24-19(26)30)8-16(23-18(21)22)25-33(31,32)11-12-4-2-1-3-5-12/h1-7,10,13-14,16,25H,8-9,11,20H2,(H4,21,22,23)(H,24,29,30)/t13?,14-,16?/m1/s1. The van der Waals surface area contributed by atoms with Crippen LogP contribution in [0.2, 0.25) is 0 Å². The van der Waals surface area contributed by atoms with Crippen LogP contribution in [0.3, 0.4) is 0 Å². The number of rotatable bonds is 12. The molecule has 1 aromatic heterocycles. The van der Waals surface area contributed by atoms with Gasteiger partial charge in [-0.15, -0.1) is 0 Å². The fourth-order valence-electron chi connectivity index (χ4n) is 3.04. The Hall–Kier alpha value is -3.62. The second-order valence-corrected chi connectivity index (χ2v) is 8.95. The van der Waals surface area contributed by atoms with Gasteiger partial charge in [0.1, 0.15) is 12.5 Å². The SMILES string of the molecule is NC(N)=NC(CC(C(=O)Cn1ccc(=O)[nH]c1=O)[C@H](N)C=O)NS(=O)(=O)Cc1ccccc1. The van der Waals surface area contributed by atoms with E-state index in [9.17, 15) is 27.6 Å². The van der Waals surface area contributed by atoms with Gasteiger partial charge >= 0.3 is 5.69 Å². The summed E-state index contributed by atoms with van der Waals surface area (Å²) in [5, 5.41) is 0. The number of Topliss-reactive ketones (excluding diaryl/α,β-unsaturated/α-hetero) is 1. The van der Waals surface area contributed by atoms with Crippen molar-refractivity contribution >= 4 is 28.1 Å². The molecule has 2 rings (SSSR count). The molecule has 33 heavy (non-hydrogen) atoms. The molecule has 0 aliphatic carbocycles. The van der Waals surface area contributed by atoms with Crippen molar-refractivity contribution in [3.8, 4) is 0 Å². The van der Waals surface area contributed by atoms with Gasteiger partial charge in [0.2, 0.25) is 10.0 Å². The highest BCUT2D eigenvalue weighted by Crippen LogP contribution is 2.15. The van der Waals surface area contributed by atoms with Gasteiger partial charge in [0.15, 0.2) is 11.7 Å². The van der Waals surface area contributed by atoms with Gasteiger partial charge in [0.25, 0.3) is 5.56 Å². The molecule has 0 aliphatic heterocycles. The van der Waals surface area contributed by atoms with Crippen LogP contribution in [0.5, 0.6) is 0 Å². The lowest BCUT2D eigenvalue weighted by molar-refractivity contribution is -0.126. The summed E-state index contributed by atoms with van der Waals surface area (Å²) in [5.74, 6) is -2.74. The lowest BCUT2D eigenvalue weighted by atomic mass is 9.91. The van der Waals surface area contributed by atoms with Crippen molar-refractivity contribution in [2.24, 2.45) is 28.1 Å². The van der Waals surface area contributed by atoms with E-state index in [1.807, 2.05) is 4.98 Å². The van der Waals surface area contributed by atoms with E-state index < -0.39 is 57.7 Å². The van der Waals surface area contributed by atoms with Crippen molar-refractivity contribution in [1.82, 2.24) is 14.3 Å². The molecule has 0 spiro atoms. The highest BCUT2D eigenvalue weighted by molar-refractivity contribution is 7.88. The summed E-state index contributed by atoms with van der Waals surface area (Å²) in [6, 6.07) is 8.03. The molecule has 178 valence electrons. The van der Waals surface area contributed by atoms with Crippen molar-refractivity contribution in [3.05, 3.63) is 69.0 Å². The molecule has 0 bridgehead atoms. The summed E-state index contributed by atoms with van der Waals surface area (Å²) in [6.07, 6.45) is -0.235. The van der Waals surface area contributed by atoms with Crippen LogP contribution in [0.1, 0.15) is 12.0 Å².